The maximum Gasteiger partial charge on any atom is 0.255 e. The van der Waals surface area contributed by atoms with Crippen LogP contribution in [0.15, 0.2) is 0 Å². The quantitative estimate of drug-likeness (QED) is 0.645. The maximum absolute atomic E-state index is 12.9. The van der Waals surface area contributed by atoms with Gasteiger partial charge >= 0.3 is 0 Å². The summed E-state index contributed by atoms with van der Waals surface area (Å²) in [6.45, 7) is 4.72. The molecule has 0 aromatic rings. The van der Waals surface area contributed by atoms with Crippen LogP contribution in [0.3, 0.4) is 0 Å². The first kappa shape index (κ1) is 9.62. The molecular formula is C9H14F2O. The molecule has 0 unspecified atom stereocenters. The highest BCUT2D eigenvalue weighted by Gasteiger charge is 2.69. The molecule has 0 radical (unpaired) electrons. The van der Waals surface area contributed by atoms with E-state index in [1.165, 1.54) is 6.92 Å². The zero-order valence-corrected chi connectivity index (χ0v) is 7.60. The van der Waals surface area contributed by atoms with Crippen molar-refractivity contribution in [1.29, 1.82) is 0 Å². The number of rotatable bonds is 3. The fraction of sp³-hybridized carbons (Fsp3) is 0.889. The molecule has 1 rings (SSSR count). The van der Waals surface area contributed by atoms with E-state index in [1.54, 1.807) is 13.8 Å². The summed E-state index contributed by atoms with van der Waals surface area (Å²) in [7, 11) is 0. The molecule has 3 heteroatoms. The first-order valence-corrected chi connectivity index (χ1v) is 4.31. The van der Waals surface area contributed by atoms with Crippen LogP contribution < -0.4 is 0 Å². The van der Waals surface area contributed by atoms with Gasteiger partial charge in [-0.3, -0.25) is 4.79 Å². The summed E-state index contributed by atoms with van der Waals surface area (Å²) >= 11 is 0. The number of carbonyl (C=O) groups is 1. The number of halogens is 2. The van der Waals surface area contributed by atoms with Crippen LogP contribution in [-0.4, -0.2) is 11.7 Å². The van der Waals surface area contributed by atoms with Gasteiger partial charge in [0.05, 0.1) is 0 Å². The summed E-state index contributed by atoms with van der Waals surface area (Å²) in [5.74, 6) is -4.45. The van der Waals surface area contributed by atoms with E-state index in [0.29, 0.717) is 6.42 Å². The summed E-state index contributed by atoms with van der Waals surface area (Å²) in [6.07, 6.45) is 0.468. The molecule has 1 fully saturated rings. The Hall–Kier alpha value is -0.470. The fourth-order valence-electron chi connectivity index (χ4n) is 1.88. The molecule has 3 atom stereocenters. The van der Waals surface area contributed by atoms with Crippen LogP contribution >= 0.6 is 0 Å². The molecule has 0 aromatic carbocycles. The highest BCUT2D eigenvalue weighted by Crippen LogP contribution is 2.60. The van der Waals surface area contributed by atoms with E-state index >= 15 is 0 Å². The molecule has 0 aromatic heterocycles. The van der Waals surface area contributed by atoms with Crippen molar-refractivity contribution >= 4 is 5.78 Å². The Balaban J connectivity index is 2.63. The minimum absolute atomic E-state index is 0.129. The van der Waals surface area contributed by atoms with E-state index < -0.39 is 23.7 Å². The molecule has 0 amide bonds. The van der Waals surface area contributed by atoms with Crippen molar-refractivity contribution in [2.75, 3.05) is 0 Å². The number of Topliss-reactive ketones (excluding diaryl/α,β-unsaturated/α-hetero) is 1. The monoisotopic (exact) mass is 176 g/mol. The molecule has 0 heterocycles. The summed E-state index contributed by atoms with van der Waals surface area (Å²) in [6, 6.07) is 0. The molecule has 0 spiro atoms. The van der Waals surface area contributed by atoms with E-state index in [1.807, 2.05) is 0 Å². The molecule has 1 aliphatic carbocycles. The van der Waals surface area contributed by atoms with Crippen LogP contribution in [-0.2, 0) is 4.79 Å². The van der Waals surface area contributed by atoms with Crippen molar-refractivity contribution in [3.8, 4) is 0 Å². The van der Waals surface area contributed by atoms with Gasteiger partial charge in [-0.05, 0) is 13.3 Å². The second-order valence-electron chi connectivity index (χ2n) is 3.61. The molecule has 12 heavy (non-hydrogen) atoms. The Morgan fingerprint density at radius 2 is 2.08 bits per heavy atom. The first-order chi connectivity index (χ1) is 5.42. The van der Waals surface area contributed by atoms with Gasteiger partial charge in [-0.25, -0.2) is 8.78 Å². The average molecular weight is 176 g/mol. The highest BCUT2D eigenvalue weighted by atomic mass is 19.3. The van der Waals surface area contributed by atoms with Gasteiger partial charge in [-0.15, -0.1) is 0 Å². The number of alkyl halides is 2. The van der Waals surface area contributed by atoms with Gasteiger partial charge in [0.2, 0.25) is 0 Å². The van der Waals surface area contributed by atoms with Gasteiger partial charge in [0.25, 0.3) is 5.92 Å². The van der Waals surface area contributed by atoms with Crippen LogP contribution in [0.25, 0.3) is 0 Å². The minimum Gasteiger partial charge on any atom is -0.300 e. The molecule has 0 bridgehead atoms. The van der Waals surface area contributed by atoms with E-state index in [-0.39, 0.29) is 5.78 Å². The standard InChI is InChI=1S/C9H14F2O/c1-4-7-8(9(7,10)11)5(2)6(3)12/h5,7-8H,4H2,1-3H3/t5-,7+,8-/m1/s1. The molecule has 0 N–H and O–H groups in total. The minimum atomic E-state index is -2.58. The molecule has 1 nitrogen and oxygen atoms in total. The average Bonchev–Trinajstić information content (AvgIpc) is 2.50. The summed E-state index contributed by atoms with van der Waals surface area (Å²) in [4.78, 5) is 10.8. The van der Waals surface area contributed by atoms with Gasteiger partial charge in [0.1, 0.15) is 5.78 Å². The van der Waals surface area contributed by atoms with Crippen molar-refractivity contribution in [2.45, 2.75) is 33.1 Å². The largest absolute Gasteiger partial charge is 0.300 e. The predicted molar refractivity (Wildman–Crippen MR) is 42.1 cm³/mol. The maximum atomic E-state index is 12.9. The summed E-state index contributed by atoms with van der Waals surface area (Å²) < 4.78 is 25.8. The van der Waals surface area contributed by atoms with Crippen molar-refractivity contribution in [3.63, 3.8) is 0 Å². The first-order valence-electron chi connectivity index (χ1n) is 4.31. The van der Waals surface area contributed by atoms with Crippen molar-refractivity contribution in [2.24, 2.45) is 17.8 Å². The van der Waals surface area contributed by atoms with Gasteiger partial charge < -0.3 is 0 Å². The van der Waals surface area contributed by atoms with Crippen LogP contribution in [0, 0.1) is 17.8 Å². The van der Waals surface area contributed by atoms with Crippen molar-refractivity contribution in [1.82, 2.24) is 0 Å². The lowest BCUT2D eigenvalue weighted by atomic mass is 10.00. The second-order valence-corrected chi connectivity index (χ2v) is 3.61. The zero-order chi connectivity index (χ0) is 9.52. The van der Waals surface area contributed by atoms with Gasteiger partial charge in [-0.1, -0.05) is 13.8 Å². The lowest BCUT2D eigenvalue weighted by molar-refractivity contribution is -0.121. The van der Waals surface area contributed by atoms with Gasteiger partial charge in [0, 0.05) is 17.8 Å². The molecular weight excluding hydrogens is 162 g/mol. The Labute approximate surface area is 71.1 Å². The topological polar surface area (TPSA) is 17.1 Å². The van der Waals surface area contributed by atoms with Crippen LogP contribution in [0.2, 0.25) is 0 Å². The lowest BCUT2D eigenvalue weighted by Gasteiger charge is -2.04. The number of hydrogen-bond donors (Lipinski definition) is 0. The van der Waals surface area contributed by atoms with Crippen LogP contribution in [0.4, 0.5) is 8.78 Å². The van der Waals surface area contributed by atoms with Crippen LogP contribution in [0.5, 0.6) is 0 Å². The van der Waals surface area contributed by atoms with Crippen molar-refractivity contribution in [3.05, 3.63) is 0 Å². The number of ketones is 1. The van der Waals surface area contributed by atoms with Crippen molar-refractivity contribution < 1.29 is 13.6 Å². The third kappa shape index (κ3) is 1.25. The molecule has 0 saturated heterocycles. The smallest absolute Gasteiger partial charge is 0.255 e. The molecule has 1 aliphatic rings. The molecule has 1 saturated carbocycles. The molecule has 70 valence electrons. The predicted octanol–water partition coefficient (Wildman–Crippen LogP) is 2.50. The van der Waals surface area contributed by atoms with Crippen LogP contribution in [0.1, 0.15) is 27.2 Å². The Morgan fingerprint density at radius 3 is 2.33 bits per heavy atom. The zero-order valence-electron chi connectivity index (χ0n) is 7.60. The van der Waals surface area contributed by atoms with E-state index in [0.717, 1.165) is 0 Å². The summed E-state index contributed by atoms with van der Waals surface area (Å²) in [5, 5.41) is 0. The Kier molecular flexibility index (Phi) is 2.23. The van der Waals surface area contributed by atoms with Gasteiger partial charge in [0.15, 0.2) is 0 Å². The Morgan fingerprint density at radius 1 is 1.58 bits per heavy atom. The third-order valence-electron chi connectivity index (χ3n) is 2.88. The Bertz CT molecular complexity index is 201. The van der Waals surface area contributed by atoms with E-state index in [4.69, 9.17) is 0 Å². The second kappa shape index (κ2) is 2.79. The molecule has 0 aliphatic heterocycles. The van der Waals surface area contributed by atoms with E-state index in [2.05, 4.69) is 0 Å². The highest BCUT2D eigenvalue weighted by molar-refractivity contribution is 5.78. The fourth-order valence-corrected chi connectivity index (χ4v) is 1.88. The summed E-state index contributed by atoms with van der Waals surface area (Å²) in [5.41, 5.74) is 0. The SMILES string of the molecule is CC[C@H]1[C@@H]([C@H](C)C(C)=O)C1(F)F. The third-order valence-corrected chi connectivity index (χ3v) is 2.88. The normalized spacial score (nSPS) is 34.4. The lowest BCUT2D eigenvalue weighted by Crippen LogP contribution is -2.12. The number of hydrogen-bond acceptors (Lipinski definition) is 1. The van der Waals surface area contributed by atoms with Gasteiger partial charge in [-0.2, -0.15) is 0 Å². The van der Waals surface area contributed by atoms with E-state index in [9.17, 15) is 13.6 Å². The number of carbonyl (C=O) groups excluding carboxylic acids is 1.